The maximum Gasteiger partial charge on any atom is 0.339 e. The second-order valence-corrected chi connectivity index (χ2v) is 3.79. The van der Waals surface area contributed by atoms with Crippen molar-refractivity contribution in [3.63, 3.8) is 0 Å². The van der Waals surface area contributed by atoms with Gasteiger partial charge in [-0.2, -0.15) is 0 Å². The Balaban J connectivity index is 3.50. The Hall–Kier alpha value is -1.43. The lowest BCUT2D eigenvalue weighted by molar-refractivity contribution is 0.0598. The van der Waals surface area contributed by atoms with Gasteiger partial charge in [0.1, 0.15) is 0 Å². The van der Waals surface area contributed by atoms with Crippen LogP contribution in [0.1, 0.15) is 10.4 Å². The Kier molecular flexibility index (Phi) is 4.62. The molecule has 0 saturated heterocycles. The van der Waals surface area contributed by atoms with E-state index in [2.05, 4.69) is 20.7 Å². The number of rotatable bonds is 4. The van der Waals surface area contributed by atoms with Gasteiger partial charge in [-0.3, -0.25) is 0 Å². The van der Waals surface area contributed by atoms with Crippen molar-refractivity contribution >= 4 is 21.9 Å². The van der Waals surface area contributed by atoms with E-state index in [1.807, 2.05) is 0 Å². The first-order chi connectivity index (χ1) is 8.10. The van der Waals surface area contributed by atoms with E-state index in [1.54, 1.807) is 0 Å². The zero-order valence-corrected chi connectivity index (χ0v) is 11.6. The number of benzene rings is 1. The third kappa shape index (κ3) is 2.46. The first-order valence-electron chi connectivity index (χ1n) is 4.67. The average Bonchev–Trinajstić information content (AvgIpc) is 2.36. The van der Waals surface area contributed by atoms with E-state index in [4.69, 9.17) is 14.2 Å². The summed E-state index contributed by atoms with van der Waals surface area (Å²) >= 11 is 3.28. The molecule has 5 nitrogen and oxygen atoms in total. The van der Waals surface area contributed by atoms with Gasteiger partial charge in [0.25, 0.3) is 0 Å². The number of methoxy groups -OCH3 is 4. The molecular formula is C11H13BrO5. The molecule has 0 aliphatic rings. The van der Waals surface area contributed by atoms with E-state index in [9.17, 15) is 4.79 Å². The summed E-state index contributed by atoms with van der Waals surface area (Å²) in [4.78, 5) is 11.6. The number of hydrogen-bond acceptors (Lipinski definition) is 5. The van der Waals surface area contributed by atoms with E-state index in [1.165, 1.54) is 34.5 Å². The van der Waals surface area contributed by atoms with E-state index in [0.717, 1.165) is 0 Å². The maximum absolute atomic E-state index is 11.6. The monoisotopic (exact) mass is 304 g/mol. The molecule has 0 unspecified atom stereocenters. The van der Waals surface area contributed by atoms with Crippen LogP contribution >= 0.6 is 15.9 Å². The summed E-state index contributed by atoms with van der Waals surface area (Å²) in [6, 6.07) is 1.53. The zero-order chi connectivity index (χ0) is 13.0. The Morgan fingerprint density at radius 3 is 2.06 bits per heavy atom. The van der Waals surface area contributed by atoms with Crippen molar-refractivity contribution in [2.45, 2.75) is 0 Å². The minimum Gasteiger partial charge on any atom is -0.493 e. The minimum atomic E-state index is -0.490. The third-order valence-electron chi connectivity index (χ3n) is 2.17. The summed E-state index contributed by atoms with van der Waals surface area (Å²) < 4.78 is 20.6. The Morgan fingerprint density at radius 2 is 1.65 bits per heavy atom. The van der Waals surface area contributed by atoms with Crippen LogP contribution in [-0.4, -0.2) is 34.4 Å². The molecule has 94 valence electrons. The van der Waals surface area contributed by atoms with E-state index >= 15 is 0 Å². The summed E-state index contributed by atoms with van der Waals surface area (Å²) in [5.74, 6) is 0.700. The normalized spacial score (nSPS) is 9.71. The highest BCUT2D eigenvalue weighted by molar-refractivity contribution is 9.10. The van der Waals surface area contributed by atoms with Gasteiger partial charge in [-0.05, 0) is 22.0 Å². The van der Waals surface area contributed by atoms with Gasteiger partial charge in [0, 0.05) is 0 Å². The fraction of sp³-hybridized carbons (Fsp3) is 0.364. The third-order valence-corrected chi connectivity index (χ3v) is 2.96. The average molecular weight is 305 g/mol. The number of esters is 1. The minimum absolute atomic E-state index is 0.307. The number of halogens is 1. The summed E-state index contributed by atoms with van der Waals surface area (Å²) in [6.45, 7) is 0. The fourth-order valence-electron chi connectivity index (χ4n) is 1.38. The number of hydrogen-bond donors (Lipinski definition) is 0. The van der Waals surface area contributed by atoms with Gasteiger partial charge < -0.3 is 18.9 Å². The molecule has 1 aromatic carbocycles. The topological polar surface area (TPSA) is 54.0 Å². The molecule has 0 aliphatic carbocycles. The van der Waals surface area contributed by atoms with Crippen LogP contribution in [0.5, 0.6) is 17.2 Å². The van der Waals surface area contributed by atoms with E-state index < -0.39 is 5.97 Å². The summed E-state index contributed by atoms with van der Waals surface area (Å²) in [7, 11) is 5.75. The summed E-state index contributed by atoms with van der Waals surface area (Å²) in [6.07, 6.45) is 0. The van der Waals surface area contributed by atoms with Crippen molar-refractivity contribution in [3.8, 4) is 17.2 Å². The lowest BCUT2D eigenvalue weighted by Crippen LogP contribution is -2.05. The van der Waals surface area contributed by atoms with Gasteiger partial charge in [0.15, 0.2) is 11.5 Å². The van der Waals surface area contributed by atoms with Crippen LogP contribution in [0, 0.1) is 0 Å². The Morgan fingerprint density at radius 1 is 1.06 bits per heavy atom. The van der Waals surface area contributed by atoms with Crippen LogP contribution in [-0.2, 0) is 4.74 Å². The molecule has 0 bridgehead atoms. The predicted molar refractivity (Wildman–Crippen MR) is 65.1 cm³/mol. The molecule has 0 spiro atoms. The predicted octanol–water partition coefficient (Wildman–Crippen LogP) is 2.26. The van der Waals surface area contributed by atoms with Gasteiger partial charge in [0.2, 0.25) is 5.75 Å². The van der Waals surface area contributed by atoms with Gasteiger partial charge >= 0.3 is 5.97 Å². The largest absolute Gasteiger partial charge is 0.493 e. The van der Waals surface area contributed by atoms with E-state index in [-0.39, 0.29) is 0 Å². The number of carbonyl (C=O) groups is 1. The second-order valence-electron chi connectivity index (χ2n) is 3.00. The highest BCUT2D eigenvalue weighted by atomic mass is 79.9. The summed E-state index contributed by atoms with van der Waals surface area (Å²) in [5, 5.41) is 0. The van der Waals surface area contributed by atoms with Gasteiger partial charge in [-0.1, -0.05) is 0 Å². The molecule has 0 aliphatic heterocycles. The van der Waals surface area contributed by atoms with Crippen molar-refractivity contribution in [3.05, 3.63) is 16.1 Å². The zero-order valence-electron chi connectivity index (χ0n) is 10.00. The molecule has 0 fully saturated rings. The maximum atomic E-state index is 11.6. The molecule has 0 saturated carbocycles. The first kappa shape index (κ1) is 13.6. The smallest absolute Gasteiger partial charge is 0.339 e. The molecule has 0 heterocycles. The Bertz CT molecular complexity index is 430. The van der Waals surface area contributed by atoms with Gasteiger partial charge in [0.05, 0.1) is 38.5 Å². The SMILES string of the molecule is COC(=O)c1cc(OC)c(OC)c(OC)c1Br. The molecule has 0 aromatic heterocycles. The quantitative estimate of drug-likeness (QED) is 0.799. The number of carbonyl (C=O) groups excluding carboxylic acids is 1. The van der Waals surface area contributed by atoms with Crippen molar-refractivity contribution in [2.75, 3.05) is 28.4 Å². The van der Waals surface area contributed by atoms with Crippen LogP contribution < -0.4 is 14.2 Å². The number of ether oxygens (including phenoxy) is 4. The molecule has 0 amide bonds. The van der Waals surface area contributed by atoms with Crippen LogP contribution in [0.3, 0.4) is 0 Å². The highest BCUT2D eigenvalue weighted by Crippen LogP contribution is 2.44. The lowest BCUT2D eigenvalue weighted by atomic mass is 10.2. The fourth-order valence-corrected chi connectivity index (χ4v) is 2.00. The Labute approximate surface area is 108 Å². The van der Waals surface area contributed by atoms with E-state index in [0.29, 0.717) is 27.3 Å². The van der Waals surface area contributed by atoms with Crippen molar-refractivity contribution in [1.29, 1.82) is 0 Å². The van der Waals surface area contributed by atoms with Crippen LogP contribution in [0.15, 0.2) is 10.5 Å². The van der Waals surface area contributed by atoms with Gasteiger partial charge in [-0.15, -0.1) is 0 Å². The van der Waals surface area contributed by atoms with Crippen molar-refractivity contribution in [1.82, 2.24) is 0 Å². The summed E-state index contributed by atoms with van der Waals surface area (Å²) in [5.41, 5.74) is 0.307. The van der Waals surface area contributed by atoms with Crippen LogP contribution in [0.4, 0.5) is 0 Å². The molecule has 0 radical (unpaired) electrons. The van der Waals surface area contributed by atoms with Gasteiger partial charge in [-0.25, -0.2) is 4.79 Å². The second kappa shape index (κ2) is 5.77. The molecule has 0 N–H and O–H groups in total. The standard InChI is InChI=1S/C11H13BrO5/c1-14-7-5-6(11(13)17-4)8(12)10(16-3)9(7)15-2/h5H,1-4H3. The molecule has 1 aromatic rings. The van der Waals surface area contributed by atoms with Crippen molar-refractivity contribution in [2.24, 2.45) is 0 Å². The van der Waals surface area contributed by atoms with Crippen LogP contribution in [0.2, 0.25) is 0 Å². The molecule has 6 heteroatoms. The molecule has 0 atom stereocenters. The van der Waals surface area contributed by atoms with Crippen LogP contribution in [0.25, 0.3) is 0 Å². The molecular weight excluding hydrogens is 292 g/mol. The molecule has 17 heavy (non-hydrogen) atoms. The first-order valence-corrected chi connectivity index (χ1v) is 5.46. The lowest BCUT2D eigenvalue weighted by Gasteiger charge is -2.15. The van der Waals surface area contributed by atoms with Crippen molar-refractivity contribution < 1.29 is 23.7 Å². The molecule has 1 rings (SSSR count). The highest BCUT2D eigenvalue weighted by Gasteiger charge is 2.22.